The minimum Gasteiger partial charge on any atom is -0.491 e. The molecule has 0 spiro atoms. The van der Waals surface area contributed by atoms with Crippen molar-refractivity contribution in [2.75, 3.05) is 6.61 Å². The summed E-state index contributed by atoms with van der Waals surface area (Å²) in [6.07, 6.45) is 0.438. The summed E-state index contributed by atoms with van der Waals surface area (Å²) in [5, 5.41) is 8.20. The van der Waals surface area contributed by atoms with E-state index in [0.29, 0.717) is 30.6 Å². The van der Waals surface area contributed by atoms with Crippen LogP contribution in [0.2, 0.25) is 5.02 Å². The number of rotatable bonds is 5. The molecule has 0 aliphatic rings. The van der Waals surface area contributed by atoms with Gasteiger partial charge in [0.2, 0.25) is 11.8 Å². The van der Waals surface area contributed by atoms with Crippen LogP contribution in [-0.2, 0) is 6.42 Å². The van der Waals surface area contributed by atoms with Gasteiger partial charge in [0.25, 0.3) is 0 Å². The van der Waals surface area contributed by atoms with Crippen molar-refractivity contribution in [2.24, 2.45) is 0 Å². The molecule has 1 heterocycles. The molecule has 6 heteroatoms. The molecule has 0 N–H and O–H groups in total. The lowest BCUT2D eigenvalue weighted by molar-refractivity contribution is 0.306. The van der Waals surface area contributed by atoms with E-state index < -0.39 is 5.82 Å². The fourth-order valence-electron chi connectivity index (χ4n) is 1.89. The van der Waals surface area contributed by atoms with Crippen LogP contribution < -0.4 is 4.74 Å². The van der Waals surface area contributed by atoms with Crippen LogP contribution in [0.5, 0.6) is 5.75 Å². The third kappa shape index (κ3) is 3.43. The van der Waals surface area contributed by atoms with E-state index in [1.54, 1.807) is 0 Å². The molecule has 22 heavy (non-hydrogen) atoms. The van der Waals surface area contributed by atoms with Crippen LogP contribution in [0.1, 0.15) is 5.89 Å². The molecule has 0 saturated heterocycles. The Balaban J connectivity index is 1.59. The highest BCUT2D eigenvalue weighted by atomic mass is 35.5. The van der Waals surface area contributed by atoms with Crippen molar-refractivity contribution in [3.05, 3.63) is 65.3 Å². The summed E-state index contributed by atoms with van der Waals surface area (Å²) in [6, 6.07) is 13.5. The van der Waals surface area contributed by atoms with Crippen molar-refractivity contribution in [2.45, 2.75) is 6.42 Å². The fraction of sp³-hybridized carbons (Fsp3) is 0.125. The summed E-state index contributed by atoms with van der Waals surface area (Å²) in [5.41, 5.74) is 0.865. The Hall–Kier alpha value is -2.40. The number of nitrogens with zero attached hydrogens (tertiary/aromatic N) is 2. The second-order valence-electron chi connectivity index (χ2n) is 4.54. The first-order chi connectivity index (χ1) is 10.7. The van der Waals surface area contributed by atoms with Crippen molar-refractivity contribution in [3.8, 4) is 17.2 Å². The first-order valence-electron chi connectivity index (χ1n) is 6.68. The predicted molar refractivity (Wildman–Crippen MR) is 80.3 cm³/mol. The average molecular weight is 319 g/mol. The van der Waals surface area contributed by atoms with Gasteiger partial charge in [-0.25, -0.2) is 4.39 Å². The first kappa shape index (κ1) is 14.5. The smallest absolute Gasteiger partial charge is 0.247 e. The zero-order valence-corrected chi connectivity index (χ0v) is 12.3. The first-order valence-corrected chi connectivity index (χ1v) is 7.06. The quantitative estimate of drug-likeness (QED) is 0.709. The molecule has 0 fully saturated rings. The maximum atomic E-state index is 12.9. The highest BCUT2D eigenvalue weighted by molar-refractivity contribution is 6.32. The third-order valence-electron chi connectivity index (χ3n) is 2.96. The topological polar surface area (TPSA) is 48.2 Å². The summed E-state index contributed by atoms with van der Waals surface area (Å²) in [6.45, 7) is 0.307. The molecule has 3 aromatic rings. The van der Waals surface area contributed by atoms with Gasteiger partial charge in [0.15, 0.2) is 0 Å². The van der Waals surface area contributed by atoms with Crippen molar-refractivity contribution < 1.29 is 13.5 Å². The third-order valence-corrected chi connectivity index (χ3v) is 3.25. The number of hydrogen-bond donors (Lipinski definition) is 0. The highest BCUT2D eigenvalue weighted by Gasteiger charge is 2.09. The molecule has 0 aliphatic heterocycles. The monoisotopic (exact) mass is 318 g/mol. The lowest BCUT2D eigenvalue weighted by Gasteiger charge is -2.06. The molecule has 112 valence electrons. The van der Waals surface area contributed by atoms with Gasteiger partial charge >= 0.3 is 0 Å². The van der Waals surface area contributed by atoms with Gasteiger partial charge < -0.3 is 9.15 Å². The zero-order valence-electron chi connectivity index (χ0n) is 11.5. The second kappa shape index (κ2) is 6.58. The van der Waals surface area contributed by atoms with Crippen molar-refractivity contribution in [1.29, 1.82) is 0 Å². The van der Waals surface area contributed by atoms with Crippen LogP contribution in [0.25, 0.3) is 11.5 Å². The standard InChI is InChI=1S/C16H12ClFN2O2/c17-13-10-12(18)6-7-14(13)21-9-8-15-19-20-16(22-15)11-4-2-1-3-5-11/h1-7,10H,8-9H2. The van der Waals surface area contributed by atoms with Gasteiger partial charge in [-0.05, 0) is 30.3 Å². The van der Waals surface area contributed by atoms with Gasteiger partial charge in [-0.2, -0.15) is 0 Å². The Morgan fingerprint density at radius 3 is 2.68 bits per heavy atom. The molecular weight excluding hydrogens is 307 g/mol. The normalized spacial score (nSPS) is 10.6. The van der Waals surface area contributed by atoms with Crippen molar-refractivity contribution >= 4 is 11.6 Å². The lowest BCUT2D eigenvalue weighted by Crippen LogP contribution is -2.02. The molecule has 0 amide bonds. The van der Waals surface area contributed by atoms with E-state index in [2.05, 4.69) is 10.2 Å². The summed E-state index contributed by atoms with van der Waals surface area (Å²) >= 11 is 5.88. The second-order valence-corrected chi connectivity index (χ2v) is 4.95. The molecule has 0 aliphatic carbocycles. The summed E-state index contributed by atoms with van der Waals surface area (Å²) < 4.78 is 24.0. The number of aromatic nitrogens is 2. The van der Waals surface area contributed by atoms with E-state index >= 15 is 0 Å². The molecule has 3 rings (SSSR count). The largest absolute Gasteiger partial charge is 0.491 e. The van der Waals surface area contributed by atoms with Gasteiger partial charge in [0.1, 0.15) is 11.6 Å². The number of hydrogen-bond acceptors (Lipinski definition) is 4. The van der Waals surface area contributed by atoms with Crippen molar-refractivity contribution in [1.82, 2.24) is 10.2 Å². The molecule has 4 nitrogen and oxygen atoms in total. The Bertz CT molecular complexity index is 762. The minimum absolute atomic E-state index is 0.232. The van der Waals surface area contributed by atoms with E-state index in [1.807, 2.05) is 30.3 Å². The molecule has 0 saturated carbocycles. The van der Waals surface area contributed by atoms with Crippen LogP contribution >= 0.6 is 11.6 Å². The van der Waals surface area contributed by atoms with Gasteiger partial charge in [-0.3, -0.25) is 0 Å². The summed E-state index contributed by atoms with van der Waals surface area (Å²) in [4.78, 5) is 0. The molecule has 0 atom stereocenters. The lowest BCUT2D eigenvalue weighted by atomic mass is 10.2. The predicted octanol–water partition coefficient (Wildman–Crippen LogP) is 4.15. The number of benzene rings is 2. The van der Waals surface area contributed by atoms with E-state index in [-0.39, 0.29) is 5.02 Å². The molecular formula is C16H12ClFN2O2. The number of ether oxygens (including phenoxy) is 1. The van der Waals surface area contributed by atoms with Crippen LogP contribution in [0, 0.1) is 5.82 Å². The Morgan fingerprint density at radius 1 is 1.09 bits per heavy atom. The zero-order chi connectivity index (χ0) is 15.4. The Labute approximate surface area is 131 Å². The Kier molecular flexibility index (Phi) is 4.34. The summed E-state index contributed by atoms with van der Waals surface area (Å²) in [7, 11) is 0. The minimum atomic E-state index is -0.401. The SMILES string of the molecule is Fc1ccc(OCCc2nnc(-c3ccccc3)o2)c(Cl)c1. The van der Waals surface area contributed by atoms with E-state index in [1.165, 1.54) is 18.2 Å². The molecule has 0 unspecified atom stereocenters. The molecule has 0 radical (unpaired) electrons. The van der Waals surface area contributed by atoms with E-state index in [0.717, 1.165) is 5.56 Å². The van der Waals surface area contributed by atoms with Crippen LogP contribution in [-0.4, -0.2) is 16.8 Å². The maximum absolute atomic E-state index is 12.9. The van der Waals surface area contributed by atoms with Crippen LogP contribution in [0.15, 0.2) is 52.9 Å². The average Bonchev–Trinajstić information content (AvgIpc) is 2.99. The van der Waals surface area contributed by atoms with Crippen LogP contribution in [0.3, 0.4) is 0 Å². The number of halogens is 2. The Morgan fingerprint density at radius 2 is 1.91 bits per heavy atom. The van der Waals surface area contributed by atoms with Crippen LogP contribution in [0.4, 0.5) is 4.39 Å². The van der Waals surface area contributed by atoms with E-state index in [4.69, 9.17) is 20.8 Å². The van der Waals surface area contributed by atoms with Gasteiger partial charge in [0, 0.05) is 5.56 Å². The molecule has 2 aromatic carbocycles. The summed E-state index contributed by atoms with van der Waals surface area (Å²) in [5.74, 6) is 0.958. The molecule has 1 aromatic heterocycles. The molecule has 0 bridgehead atoms. The fourth-order valence-corrected chi connectivity index (χ4v) is 2.11. The van der Waals surface area contributed by atoms with Gasteiger partial charge in [-0.1, -0.05) is 29.8 Å². The van der Waals surface area contributed by atoms with Gasteiger partial charge in [-0.15, -0.1) is 10.2 Å². The van der Waals surface area contributed by atoms with E-state index in [9.17, 15) is 4.39 Å². The van der Waals surface area contributed by atoms with Gasteiger partial charge in [0.05, 0.1) is 18.1 Å². The maximum Gasteiger partial charge on any atom is 0.247 e. The highest BCUT2D eigenvalue weighted by Crippen LogP contribution is 2.25. The van der Waals surface area contributed by atoms with Crippen molar-refractivity contribution in [3.63, 3.8) is 0 Å².